The fourth-order valence-electron chi connectivity index (χ4n) is 2.02. The molecule has 0 radical (unpaired) electrons. The monoisotopic (exact) mass is 235 g/mol. The Bertz CT molecular complexity index is 512. The molecular weight excluding hydrogens is 220 g/mol. The number of methoxy groups -OCH3 is 1. The Kier molecular flexibility index (Phi) is 2.51. The molecule has 4 N–H and O–H groups in total. The Balaban J connectivity index is 2.67. The van der Waals surface area contributed by atoms with Crippen LogP contribution in [0.5, 0.6) is 5.75 Å². The van der Waals surface area contributed by atoms with Crippen LogP contribution in [0.2, 0.25) is 0 Å². The van der Waals surface area contributed by atoms with Crippen LogP contribution in [-0.2, 0) is 0 Å². The first-order valence-corrected chi connectivity index (χ1v) is 5.28. The van der Waals surface area contributed by atoms with Crippen LogP contribution < -0.4 is 20.8 Å². The van der Waals surface area contributed by atoms with Gasteiger partial charge in [-0.05, 0) is 24.2 Å². The van der Waals surface area contributed by atoms with E-state index >= 15 is 0 Å². The summed E-state index contributed by atoms with van der Waals surface area (Å²) < 4.78 is 4.83. The van der Waals surface area contributed by atoms with Crippen LogP contribution in [0.15, 0.2) is 23.3 Å². The van der Waals surface area contributed by atoms with Crippen LogP contribution in [-0.4, -0.2) is 25.5 Å². The normalized spacial score (nSPS) is 21.9. The molecule has 0 spiro atoms. The fraction of sp³-hybridized carbons (Fsp3) is 0.273. The number of nitrogens with two attached hydrogens (primary N) is 2. The highest BCUT2D eigenvalue weighted by Gasteiger charge is 2.45. The van der Waals surface area contributed by atoms with E-state index in [1.54, 1.807) is 25.3 Å². The minimum Gasteiger partial charge on any atom is -0.497 e. The van der Waals surface area contributed by atoms with Crippen molar-refractivity contribution in [2.24, 2.45) is 16.6 Å². The predicted octanol–water partition coefficient (Wildman–Crippen LogP) is 0.735. The van der Waals surface area contributed by atoms with E-state index in [0.29, 0.717) is 23.8 Å². The summed E-state index contributed by atoms with van der Waals surface area (Å²) in [5.41, 5.74) is 12.6. The van der Waals surface area contributed by atoms with Crippen molar-refractivity contribution in [1.29, 1.82) is 0 Å². The Morgan fingerprint density at radius 2 is 2.24 bits per heavy atom. The maximum Gasteiger partial charge on any atom is 0.445 e. The number of carbonyl (C=O) groups is 1. The van der Waals surface area contributed by atoms with Gasteiger partial charge in [0.05, 0.1) is 12.7 Å². The minimum absolute atomic E-state index is 0.307. The van der Waals surface area contributed by atoms with E-state index in [1.165, 1.54) is 0 Å². The van der Waals surface area contributed by atoms with Gasteiger partial charge in [-0.2, -0.15) is 0 Å². The van der Waals surface area contributed by atoms with Gasteiger partial charge in [0, 0.05) is 6.07 Å². The summed E-state index contributed by atoms with van der Waals surface area (Å²) in [6, 6.07) is 4.75. The van der Waals surface area contributed by atoms with Crippen molar-refractivity contribution >= 4 is 17.6 Å². The topological polar surface area (TPSA) is 90.7 Å². The third-order valence-corrected chi connectivity index (χ3v) is 2.98. The first-order valence-electron chi connectivity index (χ1n) is 5.28. The van der Waals surface area contributed by atoms with Crippen molar-refractivity contribution in [3.8, 4) is 5.75 Å². The van der Waals surface area contributed by atoms with Gasteiger partial charge in [-0.3, -0.25) is 0 Å². The van der Waals surface area contributed by atoms with Crippen molar-refractivity contribution < 1.29 is 9.53 Å². The highest BCUT2D eigenvalue weighted by atomic mass is 16.5. The first-order chi connectivity index (χ1) is 8.05. The smallest absolute Gasteiger partial charge is 0.445 e. The quantitative estimate of drug-likeness (QED) is 0.740. The van der Waals surface area contributed by atoms with Gasteiger partial charge in [0.25, 0.3) is 0 Å². The van der Waals surface area contributed by atoms with Crippen LogP contribution in [0.1, 0.15) is 12.5 Å². The molecular formula is C11H15N4O2+. The van der Waals surface area contributed by atoms with Crippen LogP contribution in [0.3, 0.4) is 0 Å². The van der Waals surface area contributed by atoms with Crippen LogP contribution in [0, 0.1) is 0 Å². The Morgan fingerprint density at radius 3 is 2.76 bits per heavy atom. The summed E-state index contributed by atoms with van der Waals surface area (Å²) in [7, 11) is 1.56. The largest absolute Gasteiger partial charge is 0.497 e. The number of hydrogen-bond acceptors (Lipinski definition) is 4. The maximum atomic E-state index is 11.7. The minimum atomic E-state index is -0.553. The Morgan fingerprint density at radius 1 is 1.53 bits per heavy atom. The number of hydrogen-bond donors (Lipinski definition) is 2. The molecule has 0 aliphatic carbocycles. The van der Waals surface area contributed by atoms with Gasteiger partial charge >= 0.3 is 6.03 Å². The standard InChI is InChI=1S/C11H14N4O2/c1-3-15(11(13)16)9-6-7(17-2)4-5-8(9)10(12)14-15/h4-6H,3H2,1-2H3,(H3-,12,13,14,16)/p+1. The second kappa shape index (κ2) is 3.74. The molecule has 0 bridgehead atoms. The SMILES string of the molecule is CC[N+]1(C(N)=O)N=C(N)c2ccc(OC)cc21. The lowest BCUT2D eigenvalue weighted by atomic mass is 10.1. The zero-order chi connectivity index (χ0) is 12.6. The molecule has 1 heterocycles. The van der Waals surface area contributed by atoms with Crippen molar-refractivity contribution in [3.63, 3.8) is 0 Å². The number of amidine groups is 1. The van der Waals surface area contributed by atoms with Crippen molar-refractivity contribution in [3.05, 3.63) is 23.8 Å². The van der Waals surface area contributed by atoms with Crippen molar-refractivity contribution in [2.75, 3.05) is 13.7 Å². The van der Waals surface area contributed by atoms with Gasteiger partial charge < -0.3 is 16.2 Å². The Hall–Kier alpha value is -2.08. The number of fused-ring (bicyclic) bond motifs is 1. The highest BCUT2D eigenvalue weighted by molar-refractivity contribution is 6.09. The lowest BCUT2D eigenvalue weighted by molar-refractivity contribution is 0.214. The van der Waals surface area contributed by atoms with Crippen molar-refractivity contribution in [2.45, 2.75) is 6.92 Å². The highest BCUT2D eigenvalue weighted by Crippen LogP contribution is 2.36. The number of urea groups is 1. The summed E-state index contributed by atoms with van der Waals surface area (Å²) in [5, 5.41) is 4.18. The average Bonchev–Trinajstić information content (AvgIpc) is 2.63. The van der Waals surface area contributed by atoms with Gasteiger partial charge in [0.1, 0.15) is 12.3 Å². The van der Waals surface area contributed by atoms with Crippen molar-refractivity contribution in [1.82, 2.24) is 4.59 Å². The number of rotatable bonds is 2. The van der Waals surface area contributed by atoms with Crippen LogP contribution in [0.4, 0.5) is 10.5 Å². The predicted molar refractivity (Wildman–Crippen MR) is 65.6 cm³/mol. The van der Waals surface area contributed by atoms with Crippen LogP contribution >= 0.6 is 0 Å². The van der Waals surface area contributed by atoms with Gasteiger partial charge in [-0.1, -0.05) is 4.59 Å². The molecule has 1 unspecified atom stereocenters. The van der Waals surface area contributed by atoms with Crippen LogP contribution in [0.25, 0.3) is 0 Å². The molecule has 0 saturated heterocycles. The summed E-state index contributed by atoms with van der Waals surface area (Å²) in [6.45, 7) is 2.24. The average molecular weight is 235 g/mol. The molecule has 1 aromatic rings. The summed E-state index contributed by atoms with van der Waals surface area (Å²) in [5.74, 6) is 0.967. The first kappa shape index (κ1) is 11.4. The van der Waals surface area contributed by atoms with Gasteiger partial charge in [0.2, 0.25) is 0 Å². The molecule has 0 fully saturated rings. The van der Waals surface area contributed by atoms with Gasteiger partial charge in [0.15, 0.2) is 11.5 Å². The molecule has 0 aromatic heterocycles. The lowest BCUT2D eigenvalue weighted by Gasteiger charge is -2.22. The molecule has 1 aliphatic rings. The van der Waals surface area contributed by atoms with E-state index in [2.05, 4.69) is 5.10 Å². The summed E-state index contributed by atoms with van der Waals surface area (Å²) >= 11 is 0. The van der Waals surface area contributed by atoms with E-state index in [1.807, 2.05) is 6.92 Å². The van der Waals surface area contributed by atoms with Gasteiger partial charge in [-0.25, -0.2) is 4.79 Å². The molecule has 2 rings (SSSR count). The van der Waals surface area contributed by atoms with E-state index in [9.17, 15) is 4.79 Å². The van der Waals surface area contributed by atoms with E-state index in [4.69, 9.17) is 16.2 Å². The molecule has 1 aromatic carbocycles. The van der Waals surface area contributed by atoms with Gasteiger partial charge in [-0.15, -0.1) is 0 Å². The fourth-order valence-corrected chi connectivity index (χ4v) is 2.02. The third kappa shape index (κ3) is 1.45. The third-order valence-electron chi connectivity index (χ3n) is 2.98. The zero-order valence-electron chi connectivity index (χ0n) is 9.80. The molecule has 17 heavy (non-hydrogen) atoms. The summed E-state index contributed by atoms with van der Waals surface area (Å²) in [4.78, 5) is 11.7. The molecule has 90 valence electrons. The maximum absolute atomic E-state index is 11.7. The van der Waals surface area contributed by atoms with E-state index in [0.717, 1.165) is 5.56 Å². The number of ether oxygens (including phenoxy) is 1. The molecule has 6 nitrogen and oxygen atoms in total. The number of nitrogens with zero attached hydrogens (tertiary/aromatic N) is 2. The van der Waals surface area contributed by atoms with E-state index < -0.39 is 6.03 Å². The number of benzene rings is 1. The number of primary amides is 1. The second-order valence-electron chi connectivity index (χ2n) is 3.79. The molecule has 1 aliphatic heterocycles. The zero-order valence-corrected chi connectivity index (χ0v) is 9.80. The number of quaternary nitrogens is 1. The molecule has 0 saturated carbocycles. The number of carbonyl (C=O) groups excluding carboxylic acids is 1. The Labute approximate surface area is 99.0 Å². The second-order valence-corrected chi connectivity index (χ2v) is 3.79. The summed E-state index contributed by atoms with van der Waals surface area (Å²) in [6.07, 6.45) is 0. The van der Waals surface area contributed by atoms with E-state index in [-0.39, 0.29) is 4.59 Å². The lowest BCUT2D eigenvalue weighted by Crippen LogP contribution is -2.51. The molecule has 2 amide bonds. The number of amides is 2. The molecule has 6 heteroatoms. The molecule has 1 atom stereocenters.